The fraction of sp³-hybridized carbons (Fsp3) is 0.440. The van der Waals surface area contributed by atoms with Crippen LogP contribution in [0.25, 0.3) is 0 Å². The second kappa shape index (κ2) is 10.9. The number of nitrogens with zero attached hydrogens (tertiary/aromatic N) is 2. The van der Waals surface area contributed by atoms with Crippen LogP contribution in [0.1, 0.15) is 45.6 Å². The summed E-state index contributed by atoms with van der Waals surface area (Å²) in [5.74, 6) is -0.770. The second-order valence-electron chi connectivity index (χ2n) is 8.31. The smallest absolute Gasteiger partial charge is 0.243 e. The van der Waals surface area contributed by atoms with E-state index in [2.05, 4.69) is 5.32 Å². The lowest BCUT2D eigenvalue weighted by molar-refractivity contribution is -0.122. The van der Waals surface area contributed by atoms with E-state index >= 15 is 0 Å². The molecule has 1 saturated heterocycles. The number of aryl methyl sites for hydroxylation is 1. The zero-order valence-corrected chi connectivity index (χ0v) is 20.4. The van der Waals surface area contributed by atoms with Crippen molar-refractivity contribution in [3.63, 3.8) is 0 Å². The highest BCUT2D eigenvalue weighted by molar-refractivity contribution is 7.89. The van der Waals surface area contributed by atoms with Crippen LogP contribution in [0.15, 0.2) is 53.4 Å². The van der Waals surface area contributed by atoms with E-state index < -0.39 is 15.9 Å². The van der Waals surface area contributed by atoms with Gasteiger partial charge in [-0.3, -0.25) is 9.59 Å². The highest BCUT2D eigenvalue weighted by Gasteiger charge is 2.35. The Hall–Kier alpha value is -2.71. The lowest BCUT2D eigenvalue weighted by Crippen LogP contribution is -2.32. The van der Waals surface area contributed by atoms with Gasteiger partial charge in [-0.1, -0.05) is 39.0 Å². The molecule has 2 amide bonds. The first-order chi connectivity index (χ1) is 15.8. The summed E-state index contributed by atoms with van der Waals surface area (Å²) in [4.78, 5) is 27.3. The Balaban J connectivity index is 1.68. The van der Waals surface area contributed by atoms with Gasteiger partial charge in [0.2, 0.25) is 21.8 Å². The summed E-state index contributed by atoms with van der Waals surface area (Å²) in [6.07, 6.45) is 2.44. The average molecular weight is 472 g/mol. The van der Waals surface area contributed by atoms with Crippen LogP contribution in [-0.2, 0) is 26.0 Å². The van der Waals surface area contributed by atoms with Crippen molar-refractivity contribution < 1.29 is 18.0 Å². The monoisotopic (exact) mass is 471 g/mol. The lowest BCUT2D eigenvalue weighted by atomic mass is 10.1. The van der Waals surface area contributed by atoms with Crippen LogP contribution in [0.3, 0.4) is 0 Å². The summed E-state index contributed by atoms with van der Waals surface area (Å²) in [6, 6.07) is 14.0. The summed E-state index contributed by atoms with van der Waals surface area (Å²) in [7, 11) is -3.57. The molecule has 1 unspecified atom stereocenters. The Morgan fingerprint density at radius 1 is 1.03 bits per heavy atom. The van der Waals surface area contributed by atoms with Crippen molar-refractivity contribution in [2.75, 3.05) is 29.9 Å². The normalized spacial score (nSPS) is 16.4. The van der Waals surface area contributed by atoms with E-state index in [1.807, 2.05) is 45.0 Å². The maximum atomic E-state index is 12.9. The number of carbonyl (C=O) groups is 2. The third-order valence-corrected chi connectivity index (χ3v) is 7.78. The molecular weight excluding hydrogens is 438 g/mol. The molecule has 2 aromatic carbocycles. The van der Waals surface area contributed by atoms with E-state index in [4.69, 9.17) is 0 Å². The number of hydrogen-bond acceptors (Lipinski definition) is 4. The topological polar surface area (TPSA) is 86.8 Å². The summed E-state index contributed by atoms with van der Waals surface area (Å²) in [5.41, 5.74) is 2.44. The molecule has 1 aliphatic heterocycles. The molecule has 0 aromatic heterocycles. The molecule has 178 valence electrons. The molecule has 0 aliphatic carbocycles. The number of carbonyl (C=O) groups excluding carboxylic acids is 2. The molecule has 7 nitrogen and oxygen atoms in total. The van der Waals surface area contributed by atoms with E-state index in [1.165, 1.54) is 16.4 Å². The van der Waals surface area contributed by atoms with Gasteiger partial charge >= 0.3 is 0 Å². The summed E-state index contributed by atoms with van der Waals surface area (Å²) >= 11 is 0. The predicted octanol–water partition coefficient (Wildman–Crippen LogP) is 4.05. The maximum absolute atomic E-state index is 12.9. The molecule has 0 spiro atoms. The molecule has 1 N–H and O–H groups in total. The average Bonchev–Trinajstić information content (AvgIpc) is 3.20. The van der Waals surface area contributed by atoms with Crippen LogP contribution in [0.2, 0.25) is 0 Å². The molecular formula is C25H33N3O4S. The SMILES string of the molecule is CCCN(CCC)S(=O)(=O)c1ccc(NC(=O)C2CC(=O)N(c3ccccc3CC)C2)cc1. The molecule has 8 heteroatoms. The van der Waals surface area contributed by atoms with E-state index in [0.29, 0.717) is 25.3 Å². The van der Waals surface area contributed by atoms with E-state index in [9.17, 15) is 18.0 Å². The zero-order valence-electron chi connectivity index (χ0n) is 19.6. The van der Waals surface area contributed by atoms with Gasteiger partial charge < -0.3 is 10.2 Å². The van der Waals surface area contributed by atoms with Gasteiger partial charge in [0.25, 0.3) is 0 Å². The van der Waals surface area contributed by atoms with Crippen LogP contribution >= 0.6 is 0 Å². The van der Waals surface area contributed by atoms with Crippen molar-refractivity contribution in [2.45, 2.75) is 51.3 Å². The number of rotatable bonds is 10. The van der Waals surface area contributed by atoms with Crippen LogP contribution < -0.4 is 10.2 Å². The van der Waals surface area contributed by atoms with Gasteiger partial charge in [-0.25, -0.2) is 8.42 Å². The molecule has 1 aliphatic rings. The van der Waals surface area contributed by atoms with Crippen molar-refractivity contribution in [2.24, 2.45) is 5.92 Å². The summed E-state index contributed by atoms with van der Waals surface area (Å²) < 4.78 is 27.3. The molecule has 1 atom stereocenters. The molecule has 3 rings (SSSR count). The van der Waals surface area contributed by atoms with Crippen LogP contribution in [0, 0.1) is 5.92 Å². The number of amides is 2. The van der Waals surface area contributed by atoms with Crippen LogP contribution in [-0.4, -0.2) is 44.2 Å². The molecule has 1 heterocycles. The van der Waals surface area contributed by atoms with Crippen LogP contribution in [0.5, 0.6) is 0 Å². The van der Waals surface area contributed by atoms with Crippen molar-refractivity contribution in [1.29, 1.82) is 0 Å². The molecule has 33 heavy (non-hydrogen) atoms. The predicted molar refractivity (Wildman–Crippen MR) is 131 cm³/mol. The number of para-hydroxylation sites is 1. The number of sulfonamides is 1. The fourth-order valence-corrected chi connectivity index (χ4v) is 5.77. The van der Waals surface area contributed by atoms with Crippen LogP contribution in [0.4, 0.5) is 11.4 Å². The molecule has 0 saturated carbocycles. The highest BCUT2D eigenvalue weighted by Crippen LogP contribution is 2.29. The van der Waals surface area contributed by atoms with Gasteiger partial charge in [-0.2, -0.15) is 4.31 Å². The number of nitrogens with one attached hydrogen (secondary N) is 1. The summed E-state index contributed by atoms with van der Waals surface area (Å²) in [6.45, 7) is 7.22. The first-order valence-electron chi connectivity index (χ1n) is 11.6. The summed E-state index contributed by atoms with van der Waals surface area (Å²) in [5, 5.41) is 2.84. The van der Waals surface area contributed by atoms with Crippen molar-refractivity contribution in [1.82, 2.24) is 4.31 Å². The van der Waals surface area contributed by atoms with Crippen molar-refractivity contribution >= 4 is 33.2 Å². The Kier molecular flexibility index (Phi) is 8.26. The molecule has 0 radical (unpaired) electrons. The van der Waals surface area contributed by atoms with E-state index in [0.717, 1.165) is 30.5 Å². The van der Waals surface area contributed by atoms with E-state index in [1.54, 1.807) is 17.0 Å². The van der Waals surface area contributed by atoms with Crippen molar-refractivity contribution in [3.8, 4) is 0 Å². The minimum atomic E-state index is -3.57. The quantitative estimate of drug-likeness (QED) is 0.566. The Morgan fingerprint density at radius 2 is 1.67 bits per heavy atom. The van der Waals surface area contributed by atoms with Crippen molar-refractivity contribution in [3.05, 3.63) is 54.1 Å². The third-order valence-electron chi connectivity index (χ3n) is 5.86. The number of anilines is 2. The van der Waals surface area contributed by atoms with Gasteiger partial charge in [-0.15, -0.1) is 0 Å². The first-order valence-corrected chi connectivity index (χ1v) is 13.0. The van der Waals surface area contributed by atoms with Gasteiger partial charge in [0.1, 0.15) is 0 Å². The van der Waals surface area contributed by atoms with E-state index in [-0.39, 0.29) is 23.1 Å². The van der Waals surface area contributed by atoms with Gasteiger partial charge in [-0.05, 0) is 55.2 Å². The van der Waals surface area contributed by atoms with Gasteiger partial charge in [0.05, 0.1) is 10.8 Å². The van der Waals surface area contributed by atoms with Gasteiger partial charge in [0, 0.05) is 37.4 Å². The maximum Gasteiger partial charge on any atom is 0.243 e. The zero-order chi connectivity index (χ0) is 24.0. The molecule has 2 aromatic rings. The lowest BCUT2D eigenvalue weighted by Gasteiger charge is -2.21. The standard InChI is InChI=1S/C25H33N3O4S/c1-4-15-27(16-5-2)33(31,32)22-13-11-21(12-14-22)26-25(30)20-17-24(29)28(18-20)23-10-8-7-9-19(23)6-3/h7-14,20H,4-6,15-18H2,1-3H3,(H,26,30). The fourth-order valence-electron chi connectivity index (χ4n) is 4.14. The minimum absolute atomic E-state index is 0.0653. The highest BCUT2D eigenvalue weighted by atomic mass is 32.2. The minimum Gasteiger partial charge on any atom is -0.326 e. The second-order valence-corrected chi connectivity index (χ2v) is 10.2. The number of benzene rings is 2. The largest absolute Gasteiger partial charge is 0.326 e. The number of hydrogen-bond donors (Lipinski definition) is 1. The third kappa shape index (κ3) is 5.62. The Bertz CT molecular complexity index is 1080. The Morgan fingerprint density at radius 3 is 2.27 bits per heavy atom. The molecule has 1 fully saturated rings. The first kappa shape index (κ1) is 24.9. The molecule has 0 bridgehead atoms. The Labute approximate surface area is 196 Å². The van der Waals surface area contributed by atoms with Gasteiger partial charge in [0.15, 0.2) is 0 Å².